The fourth-order valence-corrected chi connectivity index (χ4v) is 1.45. The summed E-state index contributed by atoms with van der Waals surface area (Å²) in [6.07, 6.45) is 0.955. The summed E-state index contributed by atoms with van der Waals surface area (Å²) >= 11 is 0. The lowest BCUT2D eigenvalue weighted by Crippen LogP contribution is -2.11. The van der Waals surface area contributed by atoms with E-state index in [-0.39, 0.29) is 5.82 Å². The number of benzene rings is 1. The first-order valence-electron chi connectivity index (χ1n) is 5.66. The van der Waals surface area contributed by atoms with E-state index < -0.39 is 5.97 Å². The van der Waals surface area contributed by atoms with Crippen molar-refractivity contribution in [2.24, 2.45) is 5.92 Å². The second-order valence-electron chi connectivity index (χ2n) is 4.29. The van der Waals surface area contributed by atoms with Gasteiger partial charge in [-0.3, -0.25) is 0 Å². The lowest BCUT2D eigenvalue weighted by Gasteiger charge is -2.12. The molecule has 17 heavy (non-hydrogen) atoms. The van der Waals surface area contributed by atoms with Gasteiger partial charge in [0.1, 0.15) is 5.82 Å². The van der Waals surface area contributed by atoms with E-state index in [0.717, 1.165) is 6.42 Å². The van der Waals surface area contributed by atoms with Crippen molar-refractivity contribution in [1.29, 1.82) is 0 Å². The van der Waals surface area contributed by atoms with Crippen molar-refractivity contribution < 1.29 is 13.9 Å². The van der Waals surface area contributed by atoms with E-state index in [1.54, 1.807) is 0 Å². The van der Waals surface area contributed by atoms with Gasteiger partial charge >= 0.3 is 5.97 Å². The average Bonchev–Trinajstić information content (AvgIpc) is 2.28. The van der Waals surface area contributed by atoms with E-state index in [0.29, 0.717) is 23.7 Å². The number of carbonyl (C=O) groups is 1. The minimum absolute atomic E-state index is 0.359. The zero-order valence-electron chi connectivity index (χ0n) is 10.4. The van der Waals surface area contributed by atoms with Crippen LogP contribution in [0.15, 0.2) is 18.2 Å². The molecular weight excluding hydrogens is 221 g/mol. The predicted octanol–water partition coefficient (Wildman–Crippen LogP) is 3.07. The Labute approximate surface area is 101 Å². The standard InChI is InChI=1S/C13H18FNO2/c1-9(2)6-7-15-12-8-10(14)4-5-11(12)13(16)17-3/h4-5,8-9,15H,6-7H2,1-3H3. The van der Waals surface area contributed by atoms with Crippen LogP contribution in [0.1, 0.15) is 30.6 Å². The molecule has 3 nitrogen and oxygen atoms in total. The normalized spacial score (nSPS) is 10.4. The van der Waals surface area contributed by atoms with Gasteiger partial charge in [0.05, 0.1) is 18.4 Å². The Bertz CT molecular complexity index is 391. The fourth-order valence-electron chi connectivity index (χ4n) is 1.45. The Morgan fingerprint density at radius 2 is 2.18 bits per heavy atom. The molecule has 0 unspecified atom stereocenters. The molecule has 0 aliphatic rings. The van der Waals surface area contributed by atoms with E-state index in [4.69, 9.17) is 0 Å². The first kappa shape index (κ1) is 13.5. The largest absolute Gasteiger partial charge is 0.465 e. The zero-order valence-corrected chi connectivity index (χ0v) is 10.4. The number of rotatable bonds is 5. The number of anilines is 1. The summed E-state index contributed by atoms with van der Waals surface area (Å²) in [5, 5.41) is 3.06. The molecule has 0 saturated heterocycles. The van der Waals surface area contributed by atoms with Gasteiger partial charge < -0.3 is 10.1 Å². The monoisotopic (exact) mass is 239 g/mol. The molecule has 1 aromatic carbocycles. The molecule has 0 aromatic heterocycles. The number of methoxy groups -OCH3 is 1. The maximum Gasteiger partial charge on any atom is 0.339 e. The molecule has 0 radical (unpaired) electrons. The summed E-state index contributed by atoms with van der Waals surface area (Å²) in [6.45, 7) is 4.91. The molecule has 0 fully saturated rings. The average molecular weight is 239 g/mol. The van der Waals surface area contributed by atoms with Gasteiger partial charge in [0.2, 0.25) is 0 Å². The molecule has 0 amide bonds. The van der Waals surface area contributed by atoms with Gasteiger partial charge in [-0.2, -0.15) is 0 Å². The lowest BCUT2D eigenvalue weighted by atomic mass is 10.1. The molecule has 1 rings (SSSR count). The first-order valence-corrected chi connectivity index (χ1v) is 5.66. The van der Waals surface area contributed by atoms with Crippen LogP contribution in [0.5, 0.6) is 0 Å². The second kappa shape index (κ2) is 6.23. The van der Waals surface area contributed by atoms with Crippen LogP contribution in [0.3, 0.4) is 0 Å². The number of hydrogen-bond acceptors (Lipinski definition) is 3. The lowest BCUT2D eigenvalue weighted by molar-refractivity contribution is 0.0602. The Morgan fingerprint density at radius 1 is 1.47 bits per heavy atom. The Hall–Kier alpha value is -1.58. The van der Waals surface area contributed by atoms with Crippen LogP contribution in [0.25, 0.3) is 0 Å². The SMILES string of the molecule is COC(=O)c1ccc(F)cc1NCCC(C)C. The molecule has 94 valence electrons. The quantitative estimate of drug-likeness (QED) is 0.802. The van der Waals surface area contributed by atoms with Crippen LogP contribution >= 0.6 is 0 Å². The highest BCUT2D eigenvalue weighted by Gasteiger charge is 2.12. The van der Waals surface area contributed by atoms with Crippen molar-refractivity contribution in [2.75, 3.05) is 19.0 Å². The Morgan fingerprint density at radius 3 is 2.76 bits per heavy atom. The van der Waals surface area contributed by atoms with Crippen LogP contribution in [0.4, 0.5) is 10.1 Å². The number of ether oxygens (including phenoxy) is 1. The van der Waals surface area contributed by atoms with Crippen molar-refractivity contribution in [3.63, 3.8) is 0 Å². The van der Waals surface area contributed by atoms with Crippen LogP contribution in [-0.4, -0.2) is 19.6 Å². The van der Waals surface area contributed by atoms with E-state index in [1.165, 1.54) is 25.3 Å². The maximum absolute atomic E-state index is 13.1. The van der Waals surface area contributed by atoms with E-state index in [2.05, 4.69) is 23.9 Å². The molecule has 0 heterocycles. The van der Waals surface area contributed by atoms with Gasteiger partial charge in [-0.05, 0) is 30.5 Å². The summed E-state index contributed by atoms with van der Waals surface area (Å²) < 4.78 is 17.8. The number of esters is 1. The second-order valence-corrected chi connectivity index (χ2v) is 4.29. The molecule has 0 saturated carbocycles. The highest BCUT2D eigenvalue weighted by molar-refractivity contribution is 5.95. The fraction of sp³-hybridized carbons (Fsp3) is 0.462. The summed E-state index contributed by atoms with van der Waals surface area (Å²) in [4.78, 5) is 11.5. The Kier molecular flexibility index (Phi) is 4.94. The molecule has 1 N–H and O–H groups in total. The van der Waals surface area contributed by atoms with E-state index >= 15 is 0 Å². The molecule has 0 spiro atoms. The molecule has 0 bridgehead atoms. The number of carbonyl (C=O) groups excluding carboxylic acids is 1. The third-order valence-corrected chi connectivity index (χ3v) is 2.42. The van der Waals surface area contributed by atoms with Gasteiger partial charge in [0.25, 0.3) is 0 Å². The number of nitrogens with one attached hydrogen (secondary N) is 1. The predicted molar refractivity (Wildman–Crippen MR) is 65.7 cm³/mol. The minimum atomic E-state index is -0.461. The van der Waals surface area contributed by atoms with E-state index in [1.807, 2.05) is 0 Å². The van der Waals surface area contributed by atoms with Gasteiger partial charge in [-0.1, -0.05) is 13.8 Å². The summed E-state index contributed by atoms with van der Waals surface area (Å²) in [5.41, 5.74) is 0.843. The summed E-state index contributed by atoms with van der Waals surface area (Å²) in [7, 11) is 1.31. The van der Waals surface area contributed by atoms with Gasteiger partial charge in [-0.15, -0.1) is 0 Å². The maximum atomic E-state index is 13.1. The smallest absolute Gasteiger partial charge is 0.339 e. The van der Waals surface area contributed by atoms with Crippen LogP contribution in [-0.2, 0) is 4.74 Å². The van der Waals surface area contributed by atoms with Crippen molar-refractivity contribution in [3.8, 4) is 0 Å². The van der Waals surface area contributed by atoms with Crippen molar-refractivity contribution >= 4 is 11.7 Å². The van der Waals surface area contributed by atoms with Gasteiger partial charge in [0, 0.05) is 6.54 Å². The first-order chi connectivity index (χ1) is 8.04. The van der Waals surface area contributed by atoms with Crippen LogP contribution in [0, 0.1) is 11.7 Å². The number of halogens is 1. The number of hydrogen-bond donors (Lipinski definition) is 1. The van der Waals surface area contributed by atoms with Crippen molar-refractivity contribution in [3.05, 3.63) is 29.6 Å². The van der Waals surface area contributed by atoms with Crippen molar-refractivity contribution in [2.45, 2.75) is 20.3 Å². The zero-order chi connectivity index (χ0) is 12.8. The Balaban J connectivity index is 2.80. The molecule has 0 aliphatic heterocycles. The highest BCUT2D eigenvalue weighted by Crippen LogP contribution is 2.18. The molecular formula is C13H18FNO2. The summed E-state index contributed by atoms with van der Waals surface area (Å²) in [5.74, 6) is -0.278. The molecule has 0 atom stereocenters. The molecule has 4 heteroatoms. The third-order valence-electron chi connectivity index (χ3n) is 2.42. The van der Waals surface area contributed by atoms with Crippen molar-refractivity contribution in [1.82, 2.24) is 0 Å². The molecule has 1 aromatic rings. The van der Waals surface area contributed by atoms with E-state index in [9.17, 15) is 9.18 Å². The highest BCUT2D eigenvalue weighted by atomic mass is 19.1. The third kappa shape index (κ3) is 4.06. The van der Waals surface area contributed by atoms with Crippen LogP contribution < -0.4 is 5.32 Å². The molecule has 0 aliphatic carbocycles. The minimum Gasteiger partial charge on any atom is -0.465 e. The van der Waals surface area contributed by atoms with Gasteiger partial charge in [0.15, 0.2) is 0 Å². The topological polar surface area (TPSA) is 38.3 Å². The van der Waals surface area contributed by atoms with Crippen LogP contribution in [0.2, 0.25) is 0 Å². The van der Waals surface area contributed by atoms with Gasteiger partial charge in [-0.25, -0.2) is 9.18 Å². The summed E-state index contributed by atoms with van der Waals surface area (Å²) in [6, 6.07) is 3.99.